The largest absolute Gasteiger partial charge is 0.282 e. The van der Waals surface area contributed by atoms with Crippen LogP contribution < -0.4 is 0 Å². The van der Waals surface area contributed by atoms with E-state index in [4.69, 9.17) is 0 Å². The molecule has 5 nitrogen and oxygen atoms in total. The third-order valence-corrected chi connectivity index (χ3v) is 4.53. The first-order valence-electron chi connectivity index (χ1n) is 5.61. The van der Waals surface area contributed by atoms with Crippen LogP contribution >= 0.6 is 38.5 Å². The number of nitrogens with zero attached hydrogens (tertiary/aromatic N) is 5. The van der Waals surface area contributed by atoms with Crippen molar-refractivity contribution in [1.82, 2.24) is 24.0 Å². The van der Waals surface area contributed by atoms with Crippen LogP contribution in [-0.2, 0) is 0 Å². The average Bonchev–Trinajstić information content (AvgIpc) is 2.95. The summed E-state index contributed by atoms with van der Waals surface area (Å²) < 4.78 is 6.00. The van der Waals surface area contributed by atoms with Crippen LogP contribution in [0, 0.1) is 10.6 Å². The second-order valence-corrected chi connectivity index (χ2v) is 6.27. The minimum absolute atomic E-state index is 0.852. The highest BCUT2D eigenvalue weighted by atomic mass is 127. The van der Waals surface area contributed by atoms with Crippen molar-refractivity contribution in [2.75, 3.05) is 0 Å². The summed E-state index contributed by atoms with van der Waals surface area (Å²) in [6.07, 6.45) is 3.56. The van der Waals surface area contributed by atoms with Crippen molar-refractivity contribution in [3.05, 3.63) is 38.5 Å². The third-order valence-electron chi connectivity index (χ3n) is 3.16. The van der Waals surface area contributed by atoms with Crippen LogP contribution in [0.15, 0.2) is 29.3 Å². The second kappa shape index (κ2) is 3.89. The number of aromatic nitrogens is 5. The molecule has 0 bridgehead atoms. The zero-order valence-corrected chi connectivity index (χ0v) is 13.5. The van der Waals surface area contributed by atoms with Gasteiger partial charge in [-0.1, -0.05) is 0 Å². The molecule has 1 aromatic carbocycles. The minimum atomic E-state index is 0.852. The molecule has 4 rings (SSSR count). The fourth-order valence-electron chi connectivity index (χ4n) is 2.42. The van der Waals surface area contributed by atoms with E-state index < -0.39 is 0 Å². The number of hydrogen-bond donors (Lipinski definition) is 0. The Morgan fingerprint density at radius 1 is 1.21 bits per heavy atom. The zero-order chi connectivity index (χ0) is 13.1. The third kappa shape index (κ3) is 1.48. The fourth-order valence-corrected chi connectivity index (χ4v) is 3.83. The topological polar surface area (TPSA) is 47.5 Å². The smallest absolute Gasteiger partial charge is 0.171 e. The molecule has 3 heterocycles. The van der Waals surface area contributed by atoms with E-state index in [1.165, 1.54) is 5.56 Å². The lowest BCUT2D eigenvalue weighted by Crippen LogP contribution is -1.98. The van der Waals surface area contributed by atoms with Crippen molar-refractivity contribution in [2.24, 2.45) is 0 Å². The van der Waals surface area contributed by atoms with Crippen LogP contribution in [-0.4, -0.2) is 24.0 Å². The van der Waals surface area contributed by atoms with E-state index in [0.717, 1.165) is 30.4 Å². The van der Waals surface area contributed by atoms with Crippen molar-refractivity contribution >= 4 is 60.7 Å². The zero-order valence-electron chi connectivity index (χ0n) is 9.80. The molecule has 7 heteroatoms. The predicted octanol–water partition coefficient (Wildman–Crippen LogP) is 3.21. The summed E-state index contributed by atoms with van der Waals surface area (Å²) in [4.78, 5) is 4.39. The van der Waals surface area contributed by atoms with Gasteiger partial charge in [-0.15, -0.1) is 10.2 Å². The van der Waals surface area contributed by atoms with Crippen LogP contribution in [0.1, 0.15) is 5.56 Å². The number of aryl methyl sites for hydroxylation is 1. The Bertz CT molecular complexity index is 955. The Morgan fingerprint density at radius 3 is 2.89 bits per heavy atom. The van der Waals surface area contributed by atoms with E-state index in [0.29, 0.717) is 0 Å². The molecule has 0 amide bonds. The van der Waals surface area contributed by atoms with Gasteiger partial charge in [-0.2, -0.15) is 0 Å². The predicted molar refractivity (Wildman–Crippen MR) is 84.4 cm³/mol. The van der Waals surface area contributed by atoms with Gasteiger partial charge in [0.15, 0.2) is 11.3 Å². The van der Waals surface area contributed by atoms with Crippen LogP contribution in [0.4, 0.5) is 0 Å². The van der Waals surface area contributed by atoms with Gasteiger partial charge in [-0.05, 0) is 63.1 Å². The van der Waals surface area contributed by atoms with Crippen molar-refractivity contribution in [1.29, 1.82) is 0 Å². The number of imidazole rings is 1. The summed E-state index contributed by atoms with van der Waals surface area (Å²) >= 11 is 5.87. The monoisotopic (exact) mass is 427 g/mol. The quantitative estimate of drug-likeness (QED) is 0.405. The number of rotatable bonds is 0. The summed E-state index contributed by atoms with van der Waals surface area (Å²) in [5.41, 5.74) is 4.08. The van der Waals surface area contributed by atoms with Gasteiger partial charge < -0.3 is 0 Å². The summed E-state index contributed by atoms with van der Waals surface area (Å²) in [5.74, 6) is 0. The number of halogens is 2. The molecular formula is C12H7BrIN5. The van der Waals surface area contributed by atoms with E-state index in [-0.39, 0.29) is 0 Å². The average molecular weight is 428 g/mol. The first-order valence-corrected chi connectivity index (χ1v) is 7.48. The molecule has 0 radical (unpaired) electrons. The molecule has 0 atom stereocenters. The number of hydrogen-bond acceptors (Lipinski definition) is 3. The van der Waals surface area contributed by atoms with Crippen molar-refractivity contribution in [2.45, 2.75) is 6.92 Å². The molecule has 4 aromatic rings. The molecule has 0 unspecified atom stereocenters. The Labute approximate surface area is 129 Å². The molecule has 0 fully saturated rings. The maximum Gasteiger partial charge on any atom is 0.171 e. The molecule has 0 saturated heterocycles. The molecule has 0 aliphatic carbocycles. The van der Waals surface area contributed by atoms with Gasteiger partial charge >= 0.3 is 0 Å². The molecule has 94 valence electrons. The lowest BCUT2D eigenvalue weighted by Gasteiger charge is -2.08. The number of benzene rings is 1. The lowest BCUT2D eigenvalue weighted by atomic mass is 10.1. The Morgan fingerprint density at radius 2 is 2.05 bits per heavy atom. The van der Waals surface area contributed by atoms with Gasteiger partial charge in [0.05, 0.1) is 5.52 Å². The molecule has 0 aliphatic rings. The van der Waals surface area contributed by atoms with Gasteiger partial charge in [0.1, 0.15) is 16.4 Å². The minimum Gasteiger partial charge on any atom is -0.282 e. The molecule has 0 spiro atoms. The summed E-state index contributed by atoms with van der Waals surface area (Å²) in [6, 6.07) is 4.22. The van der Waals surface area contributed by atoms with Crippen LogP contribution in [0.2, 0.25) is 0 Å². The van der Waals surface area contributed by atoms with Crippen molar-refractivity contribution in [3.8, 4) is 0 Å². The van der Waals surface area contributed by atoms with Crippen molar-refractivity contribution in [3.63, 3.8) is 0 Å². The maximum absolute atomic E-state index is 4.39. The van der Waals surface area contributed by atoms with Crippen molar-refractivity contribution < 1.29 is 0 Å². The first kappa shape index (κ1) is 11.6. The molecule has 0 N–H and O–H groups in total. The summed E-state index contributed by atoms with van der Waals surface area (Å²) in [7, 11) is 0. The van der Waals surface area contributed by atoms with Gasteiger partial charge in [0, 0.05) is 9.86 Å². The van der Waals surface area contributed by atoms with E-state index >= 15 is 0 Å². The fraction of sp³-hybridized carbons (Fsp3) is 0.0833. The Balaban J connectivity index is 2.47. The van der Waals surface area contributed by atoms with Gasteiger partial charge in [-0.3, -0.25) is 8.80 Å². The highest BCUT2D eigenvalue weighted by Gasteiger charge is 2.15. The number of fused-ring (bicyclic) bond motifs is 6. The van der Waals surface area contributed by atoms with Crippen LogP contribution in [0.25, 0.3) is 22.2 Å². The normalized spacial score (nSPS) is 11.9. The summed E-state index contributed by atoms with van der Waals surface area (Å²) in [6.45, 7) is 2.07. The second-order valence-electron chi connectivity index (χ2n) is 4.40. The Hall–Kier alpha value is -1.22. The highest BCUT2D eigenvalue weighted by molar-refractivity contribution is 14.1. The highest BCUT2D eigenvalue weighted by Crippen LogP contribution is 2.30. The van der Waals surface area contributed by atoms with Gasteiger partial charge in [-0.25, -0.2) is 4.98 Å². The first-order chi connectivity index (χ1) is 9.16. The van der Waals surface area contributed by atoms with Crippen LogP contribution in [0.5, 0.6) is 0 Å². The van der Waals surface area contributed by atoms with Gasteiger partial charge in [0.25, 0.3) is 0 Å². The summed E-state index contributed by atoms with van der Waals surface area (Å²) in [5, 5.41) is 9.34. The SMILES string of the molecule is Cc1cc(Br)c2c(c1)c1nncn1c1c(I)ncn21. The van der Waals surface area contributed by atoms with E-state index in [2.05, 4.69) is 77.2 Å². The molecule has 0 saturated carbocycles. The Kier molecular flexibility index (Phi) is 2.37. The molecule has 19 heavy (non-hydrogen) atoms. The van der Waals surface area contributed by atoms with E-state index in [1.807, 2.05) is 10.7 Å². The van der Waals surface area contributed by atoms with Crippen LogP contribution in [0.3, 0.4) is 0 Å². The lowest BCUT2D eigenvalue weighted by molar-refractivity contribution is 1.09. The van der Waals surface area contributed by atoms with E-state index in [9.17, 15) is 0 Å². The van der Waals surface area contributed by atoms with E-state index in [1.54, 1.807) is 6.33 Å². The standard InChI is InChI=1S/C12H7BrIN5/c1-6-2-7-9(8(13)3-6)18-4-15-10(14)12(18)19-5-16-17-11(7)19/h2-5H,1H3. The maximum atomic E-state index is 4.39. The molecule has 3 aromatic heterocycles. The molecule has 0 aliphatic heterocycles. The van der Waals surface area contributed by atoms with Gasteiger partial charge in [0.2, 0.25) is 0 Å². The molecular weight excluding hydrogens is 421 g/mol.